The number of ether oxygens (including phenoxy) is 1. The first-order chi connectivity index (χ1) is 9.00. The van der Waals surface area contributed by atoms with E-state index in [4.69, 9.17) is 10.5 Å². The molecule has 1 rings (SSSR count). The lowest BCUT2D eigenvalue weighted by Crippen LogP contribution is -2.23. The first kappa shape index (κ1) is 15.8. The molecule has 0 saturated carbocycles. The van der Waals surface area contributed by atoms with E-state index in [1.165, 1.54) is 0 Å². The van der Waals surface area contributed by atoms with E-state index < -0.39 is 41.2 Å². The third kappa shape index (κ3) is 3.85. The van der Waals surface area contributed by atoms with Crippen LogP contribution in [0.4, 0.5) is 22.0 Å². The van der Waals surface area contributed by atoms with Crippen LogP contribution in [0.25, 0.3) is 0 Å². The minimum absolute atomic E-state index is 0.194. The predicted octanol–water partition coefficient (Wildman–Crippen LogP) is 1.45. The van der Waals surface area contributed by atoms with Crippen LogP contribution >= 0.6 is 0 Å². The van der Waals surface area contributed by atoms with E-state index in [0.29, 0.717) is 13.2 Å². The van der Waals surface area contributed by atoms with Gasteiger partial charge in [-0.3, -0.25) is 0 Å². The molecule has 3 nitrogen and oxygen atoms in total. The number of nitrogens with one attached hydrogen (secondary N) is 1. The number of halogens is 5. The Hall–Kier alpha value is -1.25. The van der Waals surface area contributed by atoms with Crippen LogP contribution < -0.4 is 11.1 Å². The van der Waals surface area contributed by atoms with Crippen LogP contribution in [0.15, 0.2) is 0 Å². The van der Waals surface area contributed by atoms with Gasteiger partial charge in [0.1, 0.15) is 0 Å². The molecule has 0 heterocycles. The SMILES string of the molecule is NCCOCCNCc1c(F)c(F)c(F)c(F)c1F. The summed E-state index contributed by atoms with van der Waals surface area (Å²) in [5.74, 6) is -9.71. The molecule has 19 heavy (non-hydrogen) atoms. The molecule has 0 spiro atoms. The molecule has 0 unspecified atom stereocenters. The fraction of sp³-hybridized carbons (Fsp3) is 0.455. The largest absolute Gasteiger partial charge is 0.379 e. The van der Waals surface area contributed by atoms with Gasteiger partial charge in [0.2, 0.25) is 5.82 Å². The van der Waals surface area contributed by atoms with Crippen molar-refractivity contribution in [2.45, 2.75) is 6.54 Å². The number of hydrogen-bond acceptors (Lipinski definition) is 3. The molecule has 0 radical (unpaired) electrons. The van der Waals surface area contributed by atoms with Crippen molar-refractivity contribution in [3.05, 3.63) is 34.6 Å². The van der Waals surface area contributed by atoms with Gasteiger partial charge in [-0.25, -0.2) is 22.0 Å². The number of hydrogen-bond donors (Lipinski definition) is 2. The second-order valence-electron chi connectivity index (χ2n) is 3.63. The number of benzene rings is 1. The van der Waals surface area contributed by atoms with Crippen LogP contribution in [0.2, 0.25) is 0 Å². The van der Waals surface area contributed by atoms with Gasteiger partial charge in [0, 0.05) is 25.2 Å². The average molecular weight is 284 g/mol. The molecule has 0 aliphatic carbocycles. The van der Waals surface area contributed by atoms with E-state index in [1.54, 1.807) is 0 Å². The molecule has 0 atom stereocenters. The molecule has 0 bridgehead atoms. The van der Waals surface area contributed by atoms with Crippen molar-refractivity contribution < 1.29 is 26.7 Å². The van der Waals surface area contributed by atoms with Crippen LogP contribution in [0.3, 0.4) is 0 Å². The fourth-order valence-corrected chi connectivity index (χ4v) is 1.35. The Morgan fingerprint density at radius 1 is 0.842 bits per heavy atom. The van der Waals surface area contributed by atoms with E-state index in [1.807, 2.05) is 0 Å². The third-order valence-electron chi connectivity index (χ3n) is 2.29. The van der Waals surface area contributed by atoms with Gasteiger partial charge < -0.3 is 15.8 Å². The van der Waals surface area contributed by atoms with Crippen molar-refractivity contribution in [1.29, 1.82) is 0 Å². The van der Waals surface area contributed by atoms with Gasteiger partial charge in [-0.15, -0.1) is 0 Å². The maximum atomic E-state index is 13.2. The van der Waals surface area contributed by atoms with E-state index in [9.17, 15) is 22.0 Å². The minimum Gasteiger partial charge on any atom is -0.379 e. The highest BCUT2D eigenvalue weighted by atomic mass is 19.2. The highest BCUT2D eigenvalue weighted by Gasteiger charge is 2.24. The van der Waals surface area contributed by atoms with Crippen LogP contribution in [-0.2, 0) is 11.3 Å². The smallest absolute Gasteiger partial charge is 0.200 e. The van der Waals surface area contributed by atoms with Crippen molar-refractivity contribution in [1.82, 2.24) is 5.32 Å². The Bertz CT molecular complexity index is 413. The summed E-state index contributed by atoms with van der Waals surface area (Å²) in [6.07, 6.45) is 0. The van der Waals surface area contributed by atoms with E-state index in [2.05, 4.69) is 5.32 Å². The molecule has 0 aromatic heterocycles. The van der Waals surface area contributed by atoms with Gasteiger partial charge in [-0.2, -0.15) is 0 Å². The summed E-state index contributed by atoms with van der Waals surface area (Å²) >= 11 is 0. The topological polar surface area (TPSA) is 47.3 Å². The lowest BCUT2D eigenvalue weighted by molar-refractivity contribution is 0.143. The van der Waals surface area contributed by atoms with Crippen molar-refractivity contribution in [2.75, 3.05) is 26.3 Å². The molecule has 0 amide bonds. The number of nitrogens with two attached hydrogens (primary N) is 1. The molecule has 3 N–H and O–H groups in total. The minimum atomic E-state index is -2.16. The molecule has 8 heteroatoms. The lowest BCUT2D eigenvalue weighted by Gasteiger charge is -2.09. The van der Waals surface area contributed by atoms with Crippen LogP contribution in [-0.4, -0.2) is 26.3 Å². The first-order valence-electron chi connectivity index (χ1n) is 5.49. The van der Waals surface area contributed by atoms with E-state index in [0.717, 1.165) is 0 Å². The number of rotatable bonds is 7. The Morgan fingerprint density at radius 3 is 1.89 bits per heavy atom. The highest BCUT2D eigenvalue weighted by Crippen LogP contribution is 2.22. The van der Waals surface area contributed by atoms with E-state index >= 15 is 0 Å². The van der Waals surface area contributed by atoms with Gasteiger partial charge in [0.05, 0.1) is 13.2 Å². The fourth-order valence-electron chi connectivity index (χ4n) is 1.35. The zero-order chi connectivity index (χ0) is 14.4. The molecule has 0 fully saturated rings. The lowest BCUT2D eigenvalue weighted by atomic mass is 10.1. The van der Waals surface area contributed by atoms with Gasteiger partial charge >= 0.3 is 0 Å². The molecule has 0 aliphatic heterocycles. The third-order valence-corrected chi connectivity index (χ3v) is 2.29. The van der Waals surface area contributed by atoms with Crippen molar-refractivity contribution in [3.8, 4) is 0 Å². The summed E-state index contributed by atoms with van der Waals surface area (Å²) in [6, 6.07) is 0. The monoisotopic (exact) mass is 284 g/mol. The van der Waals surface area contributed by atoms with Gasteiger partial charge in [-0.05, 0) is 0 Å². The maximum Gasteiger partial charge on any atom is 0.200 e. The summed E-state index contributed by atoms with van der Waals surface area (Å²) in [5, 5.41) is 2.51. The van der Waals surface area contributed by atoms with Crippen molar-refractivity contribution in [2.24, 2.45) is 5.73 Å². The quantitative estimate of drug-likeness (QED) is 0.345. The molecule has 1 aromatic carbocycles. The zero-order valence-corrected chi connectivity index (χ0v) is 9.91. The molecular weight excluding hydrogens is 271 g/mol. The van der Waals surface area contributed by atoms with Crippen LogP contribution in [0.1, 0.15) is 5.56 Å². The van der Waals surface area contributed by atoms with Crippen LogP contribution in [0, 0.1) is 29.1 Å². The molecule has 0 saturated heterocycles. The zero-order valence-electron chi connectivity index (χ0n) is 9.91. The molecular formula is C11H13F5N2O. The summed E-state index contributed by atoms with van der Waals surface area (Å²) in [4.78, 5) is 0. The standard InChI is InChI=1S/C11H13F5N2O/c12-7-6(5-18-2-4-19-3-1-17)8(13)10(15)11(16)9(7)14/h18H,1-5,17H2. The Kier molecular flexibility index (Phi) is 6.13. The summed E-state index contributed by atoms with van der Waals surface area (Å²) < 4.78 is 69.9. The second kappa shape index (κ2) is 7.37. The maximum absolute atomic E-state index is 13.2. The highest BCUT2D eigenvalue weighted by molar-refractivity contribution is 5.23. The Balaban J connectivity index is 2.64. The van der Waals surface area contributed by atoms with Gasteiger partial charge in [-0.1, -0.05) is 0 Å². The summed E-state index contributed by atoms with van der Waals surface area (Å²) in [5.41, 5.74) is 4.26. The van der Waals surface area contributed by atoms with Crippen molar-refractivity contribution >= 4 is 0 Å². The van der Waals surface area contributed by atoms with Crippen molar-refractivity contribution in [3.63, 3.8) is 0 Å². The summed E-state index contributed by atoms with van der Waals surface area (Å²) in [7, 11) is 0. The normalized spacial score (nSPS) is 11.1. The molecule has 1 aromatic rings. The first-order valence-corrected chi connectivity index (χ1v) is 5.49. The molecule has 0 aliphatic rings. The second-order valence-corrected chi connectivity index (χ2v) is 3.63. The Labute approximate surface area is 106 Å². The summed E-state index contributed by atoms with van der Waals surface area (Å²) in [6.45, 7) is 0.575. The Morgan fingerprint density at radius 2 is 1.37 bits per heavy atom. The average Bonchev–Trinajstić information content (AvgIpc) is 2.41. The van der Waals surface area contributed by atoms with Gasteiger partial charge in [0.25, 0.3) is 0 Å². The van der Waals surface area contributed by atoms with Gasteiger partial charge in [0.15, 0.2) is 23.3 Å². The van der Waals surface area contributed by atoms with Crippen LogP contribution in [0.5, 0.6) is 0 Å². The molecule has 108 valence electrons. The van der Waals surface area contributed by atoms with E-state index in [-0.39, 0.29) is 13.2 Å². The predicted molar refractivity (Wildman–Crippen MR) is 57.8 cm³/mol.